The summed E-state index contributed by atoms with van der Waals surface area (Å²) in [6.45, 7) is 4.05. The van der Waals surface area contributed by atoms with Crippen LogP contribution in [0.25, 0.3) is 0 Å². The van der Waals surface area contributed by atoms with E-state index in [-0.39, 0.29) is 6.04 Å². The Hall–Kier alpha value is -0.810. The number of halogens is 1. The van der Waals surface area contributed by atoms with E-state index in [9.17, 15) is 0 Å². The molecule has 5 heteroatoms. The maximum atomic E-state index is 5.88. The predicted octanol–water partition coefficient (Wildman–Crippen LogP) is 3.21. The summed E-state index contributed by atoms with van der Waals surface area (Å²) in [6, 6.07) is 6.22. The van der Waals surface area contributed by atoms with E-state index in [2.05, 4.69) is 34.0 Å². The van der Waals surface area contributed by atoms with Crippen LogP contribution < -0.4 is 5.73 Å². The van der Waals surface area contributed by atoms with E-state index in [0.29, 0.717) is 5.82 Å². The van der Waals surface area contributed by atoms with Gasteiger partial charge in [0.1, 0.15) is 5.82 Å². The number of thiophene rings is 1. The normalized spacial score (nSPS) is 13.0. The second-order valence-electron chi connectivity index (χ2n) is 3.47. The molecule has 2 rings (SSSR count). The number of nitrogens with zero attached hydrogens (tertiary/aromatic N) is 2. The Kier molecular flexibility index (Phi) is 2.84. The number of aryl methyl sites for hydroxylation is 1. The molecule has 1 atom stereocenters. The summed E-state index contributed by atoms with van der Waals surface area (Å²) in [5.41, 5.74) is 6.83. The van der Waals surface area contributed by atoms with Gasteiger partial charge >= 0.3 is 0 Å². The molecule has 0 radical (unpaired) electrons. The number of aromatic nitrogens is 2. The number of nitrogen functional groups attached to an aromatic ring is 1. The molecule has 0 amide bonds. The third kappa shape index (κ3) is 2.08. The predicted molar refractivity (Wildman–Crippen MR) is 67.2 cm³/mol. The van der Waals surface area contributed by atoms with Crippen molar-refractivity contribution in [3.63, 3.8) is 0 Å². The van der Waals surface area contributed by atoms with Crippen LogP contribution >= 0.6 is 27.3 Å². The van der Waals surface area contributed by atoms with E-state index >= 15 is 0 Å². The summed E-state index contributed by atoms with van der Waals surface area (Å²) in [5, 5.41) is 4.38. The van der Waals surface area contributed by atoms with Gasteiger partial charge in [-0.2, -0.15) is 5.10 Å². The average Bonchev–Trinajstić information content (AvgIpc) is 2.71. The Bertz CT molecular complexity index is 475. The van der Waals surface area contributed by atoms with Crippen molar-refractivity contribution in [2.45, 2.75) is 19.9 Å². The fraction of sp³-hybridized carbons (Fsp3) is 0.300. The molecule has 2 heterocycles. The lowest BCUT2D eigenvalue weighted by Gasteiger charge is -2.11. The molecule has 0 aliphatic carbocycles. The molecule has 0 saturated carbocycles. The van der Waals surface area contributed by atoms with E-state index in [4.69, 9.17) is 5.73 Å². The first-order valence-electron chi connectivity index (χ1n) is 4.65. The lowest BCUT2D eigenvalue weighted by atomic mass is 10.3. The van der Waals surface area contributed by atoms with Crippen molar-refractivity contribution in [1.82, 2.24) is 9.78 Å². The summed E-state index contributed by atoms with van der Waals surface area (Å²) in [6.07, 6.45) is 0. The van der Waals surface area contributed by atoms with E-state index in [1.807, 2.05) is 23.7 Å². The van der Waals surface area contributed by atoms with Crippen LogP contribution in [0.5, 0.6) is 0 Å². The Morgan fingerprint density at radius 2 is 2.27 bits per heavy atom. The second kappa shape index (κ2) is 3.98. The van der Waals surface area contributed by atoms with Gasteiger partial charge in [-0.25, -0.2) is 4.68 Å². The summed E-state index contributed by atoms with van der Waals surface area (Å²) < 4.78 is 2.99. The Morgan fingerprint density at radius 3 is 2.73 bits per heavy atom. The quantitative estimate of drug-likeness (QED) is 0.921. The molecule has 0 aromatic carbocycles. The maximum absolute atomic E-state index is 5.88. The Balaban J connectivity index is 2.35. The maximum Gasteiger partial charge on any atom is 0.122 e. The molecule has 2 aromatic rings. The molecule has 80 valence electrons. The molecule has 2 aromatic heterocycles. The van der Waals surface area contributed by atoms with Gasteiger partial charge in [0.2, 0.25) is 0 Å². The first-order valence-corrected chi connectivity index (χ1v) is 6.25. The molecular formula is C10H12BrN3S. The molecule has 0 fully saturated rings. The molecule has 2 N–H and O–H groups in total. The number of nitrogens with two attached hydrogens (primary N) is 1. The van der Waals surface area contributed by atoms with Gasteiger partial charge < -0.3 is 5.73 Å². The minimum absolute atomic E-state index is 0.190. The summed E-state index contributed by atoms with van der Waals surface area (Å²) in [4.78, 5) is 1.25. The smallest absolute Gasteiger partial charge is 0.122 e. The average molecular weight is 286 g/mol. The van der Waals surface area contributed by atoms with E-state index in [0.717, 1.165) is 9.48 Å². The van der Waals surface area contributed by atoms with Crippen molar-refractivity contribution < 1.29 is 0 Å². The fourth-order valence-electron chi connectivity index (χ4n) is 1.52. The zero-order valence-corrected chi connectivity index (χ0v) is 11.0. The molecule has 15 heavy (non-hydrogen) atoms. The molecule has 0 aliphatic heterocycles. The van der Waals surface area contributed by atoms with Gasteiger partial charge in [0, 0.05) is 10.9 Å². The van der Waals surface area contributed by atoms with Crippen LogP contribution in [0.1, 0.15) is 23.5 Å². The van der Waals surface area contributed by atoms with Crippen molar-refractivity contribution >= 4 is 33.1 Å². The van der Waals surface area contributed by atoms with Crippen molar-refractivity contribution in [3.05, 3.63) is 32.6 Å². The molecule has 0 spiro atoms. The van der Waals surface area contributed by atoms with Gasteiger partial charge in [-0.05, 0) is 41.9 Å². The molecule has 3 nitrogen and oxygen atoms in total. The highest BCUT2D eigenvalue weighted by Crippen LogP contribution is 2.30. The molecule has 0 bridgehead atoms. The first kappa shape index (κ1) is 10.7. The van der Waals surface area contributed by atoms with E-state index in [1.165, 1.54) is 4.88 Å². The highest BCUT2D eigenvalue weighted by Gasteiger charge is 2.13. The molecule has 0 saturated heterocycles. The second-order valence-corrected chi connectivity index (χ2v) is 5.97. The van der Waals surface area contributed by atoms with Gasteiger partial charge in [-0.15, -0.1) is 11.3 Å². The number of anilines is 1. The lowest BCUT2D eigenvalue weighted by molar-refractivity contribution is 0.577. The summed E-state index contributed by atoms with van der Waals surface area (Å²) in [5.74, 6) is 0.713. The third-order valence-corrected chi connectivity index (χ3v) is 4.05. The monoisotopic (exact) mass is 285 g/mol. The van der Waals surface area contributed by atoms with Crippen molar-refractivity contribution in [3.8, 4) is 0 Å². The Labute approximate surface area is 101 Å². The van der Waals surface area contributed by atoms with Crippen LogP contribution in [0.15, 0.2) is 22.0 Å². The minimum Gasteiger partial charge on any atom is -0.384 e. The van der Waals surface area contributed by atoms with Gasteiger partial charge in [0.15, 0.2) is 0 Å². The standard InChI is InChI=1S/C10H12BrN3S/c1-6-5-10(12)14(13-6)7(2)8-3-4-9(11)15-8/h3-5,7H,12H2,1-2H3. The van der Waals surface area contributed by atoms with Gasteiger partial charge in [0.25, 0.3) is 0 Å². The third-order valence-electron chi connectivity index (χ3n) is 2.26. The number of hydrogen-bond donors (Lipinski definition) is 1. The summed E-state index contributed by atoms with van der Waals surface area (Å²) >= 11 is 5.16. The van der Waals surface area contributed by atoms with Crippen molar-refractivity contribution in [2.75, 3.05) is 5.73 Å². The number of rotatable bonds is 2. The summed E-state index contributed by atoms with van der Waals surface area (Å²) in [7, 11) is 0. The Morgan fingerprint density at radius 1 is 1.53 bits per heavy atom. The van der Waals surface area contributed by atoms with Crippen LogP contribution in [0, 0.1) is 6.92 Å². The highest BCUT2D eigenvalue weighted by atomic mass is 79.9. The van der Waals surface area contributed by atoms with Crippen LogP contribution in [0.2, 0.25) is 0 Å². The minimum atomic E-state index is 0.190. The van der Waals surface area contributed by atoms with Gasteiger partial charge in [-0.1, -0.05) is 0 Å². The van der Waals surface area contributed by atoms with Crippen molar-refractivity contribution in [2.24, 2.45) is 0 Å². The van der Waals surface area contributed by atoms with Crippen LogP contribution in [0.3, 0.4) is 0 Å². The van der Waals surface area contributed by atoms with Gasteiger partial charge in [-0.3, -0.25) is 0 Å². The van der Waals surface area contributed by atoms with E-state index < -0.39 is 0 Å². The largest absolute Gasteiger partial charge is 0.384 e. The van der Waals surface area contributed by atoms with Crippen LogP contribution in [0.4, 0.5) is 5.82 Å². The molecular weight excluding hydrogens is 274 g/mol. The zero-order chi connectivity index (χ0) is 11.0. The molecule has 1 unspecified atom stereocenters. The topological polar surface area (TPSA) is 43.8 Å². The SMILES string of the molecule is Cc1cc(N)n(C(C)c2ccc(Br)s2)n1. The van der Waals surface area contributed by atoms with Crippen LogP contribution in [-0.2, 0) is 0 Å². The van der Waals surface area contributed by atoms with Crippen molar-refractivity contribution in [1.29, 1.82) is 0 Å². The number of hydrogen-bond acceptors (Lipinski definition) is 3. The zero-order valence-electron chi connectivity index (χ0n) is 8.57. The fourth-order valence-corrected chi connectivity index (χ4v) is 2.98. The van der Waals surface area contributed by atoms with Gasteiger partial charge in [0.05, 0.1) is 15.5 Å². The lowest BCUT2D eigenvalue weighted by Crippen LogP contribution is -2.10. The van der Waals surface area contributed by atoms with E-state index in [1.54, 1.807) is 11.3 Å². The van der Waals surface area contributed by atoms with Crippen LogP contribution in [-0.4, -0.2) is 9.78 Å². The highest BCUT2D eigenvalue weighted by molar-refractivity contribution is 9.11. The first-order chi connectivity index (χ1) is 7.08. The molecule has 0 aliphatic rings.